The molecule has 162 valence electrons. The van der Waals surface area contributed by atoms with Crippen LogP contribution in [0, 0.1) is 5.41 Å². The Morgan fingerprint density at radius 3 is 2.70 bits per heavy atom. The lowest BCUT2D eigenvalue weighted by Gasteiger charge is -2.38. The predicted octanol–water partition coefficient (Wildman–Crippen LogP) is 3.38. The number of aliphatic carboxylic acids is 1. The Hall–Kier alpha value is -3.21. The van der Waals surface area contributed by atoms with E-state index in [1.165, 1.54) is 31.7 Å². The summed E-state index contributed by atoms with van der Waals surface area (Å²) in [5, 5.41) is 16.8. The standard InChI is InChI=1S/C19H20F3N3O5/c1-28-24-11-12-30-16(14-13(19(20,21)22)7-6-10-23-14)18(8-4-3-5-9-18)15(17(26)27)25-29-2/h3-8,10-11,16H,9,12H2,1-2H3,(H,26,27). The Morgan fingerprint density at radius 1 is 1.37 bits per heavy atom. The number of alkyl halides is 3. The molecule has 1 N–H and O–H groups in total. The highest BCUT2D eigenvalue weighted by molar-refractivity contribution is 6.38. The smallest absolute Gasteiger partial charge is 0.418 e. The summed E-state index contributed by atoms with van der Waals surface area (Å²) in [6.45, 7) is -0.272. The first-order chi connectivity index (χ1) is 14.3. The number of pyridine rings is 1. The van der Waals surface area contributed by atoms with E-state index in [9.17, 15) is 23.1 Å². The molecule has 0 aromatic carbocycles. The van der Waals surface area contributed by atoms with Crippen molar-refractivity contribution in [3.8, 4) is 0 Å². The number of nitrogens with zero attached hydrogens (tertiary/aromatic N) is 3. The van der Waals surface area contributed by atoms with Gasteiger partial charge in [-0.25, -0.2) is 4.79 Å². The molecular formula is C19H20F3N3O5. The monoisotopic (exact) mass is 427 g/mol. The lowest BCUT2D eigenvalue weighted by atomic mass is 9.70. The van der Waals surface area contributed by atoms with Gasteiger partial charge in [-0.15, -0.1) is 0 Å². The van der Waals surface area contributed by atoms with Gasteiger partial charge in [-0.2, -0.15) is 13.2 Å². The van der Waals surface area contributed by atoms with Crippen LogP contribution in [0.2, 0.25) is 0 Å². The molecule has 0 fully saturated rings. The van der Waals surface area contributed by atoms with Gasteiger partial charge in [-0.1, -0.05) is 34.6 Å². The zero-order valence-corrected chi connectivity index (χ0v) is 16.2. The zero-order valence-electron chi connectivity index (χ0n) is 16.2. The van der Waals surface area contributed by atoms with Crippen molar-refractivity contribution in [3.63, 3.8) is 0 Å². The molecule has 0 amide bonds. The van der Waals surface area contributed by atoms with Crippen LogP contribution in [0.5, 0.6) is 0 Å². The lowest BCUT2D eigenvalue weighted by molar-refractivity contribution is -0.140. The number of carbonyl (C=O) groups is 1. The second-order valence-electron chi connectivity index (χ2n) is 6.08. The average Bonchev–Trinajstić information content (AvgIpc) is 2.71. The van der Waals surface area contributed by atoms with E-state index in [0.717, 1.165) is 19.2 Å². The number of oxime groups is 2. The molecule has 0 saturated carbocycles. The van der Waals surface area contributed by atoms with Gasteiger partial charge in [-0.05, 0) is 18.6 Å². The van der Waals surface area contributed by atoms with Crippen molar-refractivity contribution in [3.05, 3.63) is 53.9 Å². The summed E-state index contributed by atoms with van der Waals surface area (Å²) in [6, 6.07) is 1.99. The molecule has 1 aromatic heterocycles. The molecule has 0 bridgehead atoms. The maximum absolute atomic E-state index is 13.7. The van der Waals surface area contributed by atoms with E-state index in [1.807, 2.05) is 0 Å². The Kier molecular flexibility index (Phi) is 7.70. The van der Waals surface area contributed by atoms with Gasteiger partial charge in [0.2, 0.25) is 0 Å². The highest BCUT2D eigenvalue weighted by atomic mass is 19.4. The summed E-state index contributed by atoms with van der Waals surface area (Å²) < 4.78 is 46.8. The van der Waals surface area contributed by atoms with Gasteiger partial charge in [0.1, 0.15) is 20.3 Å². The van der Waals surface area contributed by atoms with E-state index in [1.54, 1.807) is 12.2 Å². The maximum Gasteiger partial charge on any atom is 0.418 e. The van der Waals surface area contributed by atoms with E-state index < -0.39 is 40.6 Å². The first kappa shape index (κ1) is 23.1. The number of hydrogen-bond donors (Lipinski definition) is 1. The zero-order chi connectivity index (χ0) is 22.2. The van der Waals surface area contributed by atoms with Crippen molar-refractivity contribution in [2.45, 2.75) is 18.7 Å². The van der Waals surface area contributed by atoms with E-state index in [2.05, 4.69) is 25.0 Å². The molecule has 1 aromatic rings. The third-order valence-electron chi connectivity index (χ3n) is 4.30. The molecule has 1 heterocycles. The van der Waals surface area contributed by atoms with E-state index in [-0.39, 0.29) is 13.0 Å². The molecule has 8 nitrogen and oxygen atoms in total. The van der Waals surface area contributed by atoms with Crippen LogP contribution in [0.1, 0.15) is 23.8 Å². The molecule has 2 atom stereocenters. The first-order valence-electron chi connectivity index (χ1n) is 8.66. The number of aromatic nitrogens is 1. The summed E-state index contributed by atoms with van der Waals surface area (Å²) in [7, 11) is 2.43. The number of carboxylic acids is 1. The van der Waals surface area contributed by atoms with E-state index in [4.69, 9.17) is 4.74 Å². The van der Waals surface area contributed by atoms with Crippen LogP contribution in [-0.2, 0) is 25.4 Å². The molecule has 0 saturated heterocycles. The largest absolute Gasteiger partial charge is 0.477 e. The van der Waals surface area contributed by atoms with Crippen molar-refractivity contribution in [2.24, 2.45) is 15.7 Å². The number of ether oxygens (including phenoxy) is 1. The van der Waals surface area contributed by atoms with Gasteiger partial charge in [-0.3, -0.25) is 4.98 Å². The van der Waals surface area contributed by atoms with Gasteiger partial charge in [0.25, 0.3) is 0 Å². The Balaban J connectivity index is 2.72. The summed E-state index contributed by atoms with van der Waals surface area (Å²) in [6.07, 6.45) is 2.28. The van der Waals surface area contributed by atoms with Crippen LogP contribution in [0.15, 0.2) is 52.9 Å². The molecule has 11 heteroatoms. The lowest BCUT2D eigenvalue weighted by Crippen LogP contribution is -2.43. The summed E-state index contributed by atoms with van der Waals surface area (Å²) in [5.41, 5.74) is -3.70. The van der Waals surface area contributed by atoms with Crippen LogP contribution < -0.4 is 0 Å². The number of hydrogen-bond acceptors (Lipinski definition) is 7. The van der Waals surface area contributed by atoms with Crippen LogP contribution in [0.25, 0.3) is 0 Å². The van der Waals surface area contributed by atoms with Crippen molar-refractivity contribution < 1.29 is 37.5 Å². The van der Waals surface area contributed by atoms with E-state index >= 15 is 0 Å². The van der Waals surface area contributed by atoms with Crippen LogP contribution >= 0.6 is 0 Å². The van der Waals surface area contributed by atoms with Crippen molar-refractivity contribution in [1.29, 1.82) is 0 Å². The van der Waals surface area contributed by atoms with Crippen LogP contribution in [0.4, 0.5) is 13.2 Å². The summed E-state index contributed by atoms with van der Waals surface area (Å²) in [4.78, 5) is 25.1. The minimum atomic E-state index is -4.75. The Bertz CT molecular complexity index is 867. The topological polar surface area (TPSA) is 103 Å². The molecule has 2 unspecified atom stereocenters. The molecule has 0 aliphatic heterocycles. The van der Waals surface area contributed by atoms with Gasteiger partial charge >= 0.3 is 12.1 Å². The van der Waals surface area contributed by atoms with Gasteiger partial charge < -0.3 is 19.5 Å². The quantitative estimate of drug-likeness (QED) is 0.479. The number of allylic oxidation sites excluding steroid dienone is 3. The molecule has 0 spiro atoms. The molecule has 1 aliphatic rings. The van der Waals surface area contributed by atoms with Crippen molar-refractivity contribution in [1.82, 2.24) is 4.98 Å². The first-order valence-corrected chi connectivity index (χ1v) is 8.66. The third-order valence-corrected chi connectivity index (χ3v) is 4.30. The number of halogens is 3. The van der Waals surface area contributed by atoms with Gasteiger partial charge in [0, 0.05) is 6.20 Å². The second-order valence-corrected chi connectivity index (χ2v) is 6.08. The Labute approximate surface area is 170 Å². The molecule has 30 heavy (non-hydrogen) atoms. The summed E-state index contributed by atoms with van der Waals surface area (Å²) in [5.74, 6) is -1.47. The predicted molar refractivity (Wildman–Crippen MR) is 101 cm³/mol. The van der Waals surface area contributed by atoms with Gasteiger partial charge in [0.05, 0.1) is 29.5 Å². The fourth-order valence-electron chi connectivity index (χ4n) is 3.13. The highest BCUT2D eigenvalue weighted by Gasteiger charge is 2.50. The average molecular weight is 427 g/mol. The van der Waals surface area contributed by atoms with Gasteiger partial charge in [0.15, 0.2) is 5.71 Å². The number of carboxylic acid groups (broad SMARTS) is 1. The fraction of sp³-hybridized carbons (Fsp3) is 0.368. The third kappa shape index (κ3) is 5.03. The molecule has 0 radical (unpaired) electrons. The molecular weight excluding hydrogens is 407 g/mol. The summed E-state index contributed by atoms with van der Waals surface area (Å²) >= 11 is 0. The number of rotatable bonds is 9. The van der Waals surface area contributed by atoms with E-state index in [0.29, 0.717) is 0 Å². The minimum absolute atomic E-state index is 0.0159. The van der Waals surface area contributed by atoms with Crippen LogP contribution in [-0.4, -0.2) is 48.8 Å². The maximum atomic E-state index is 13.7. The van der Waals surface area contributed by atoms with Crippen molar-refractivity contribution >= 4 is 17.9 Å². The minimum Gasteiger partial charge on any atom is -0.477 e. The van der Waals surface area contributed by atoms with Crippen molar-refractivity contribution in [2.75, 3.05) is 20.8 Å². The Morgan fingerprint density at radius 2 is 2.13 bits per heavy atom. The molecule has 2 rings (SSSR count). The fourth-order valence-corrected chi connectivity index (χ4v) is 3.13. The van der Waals surface area contributed by atoms with Crippen LogP contribution in [0.3, 0.4) is 0 Å². The highest BCUT2D eigenvalue weighted by Crippen LogP contribution is 2.47. The second kappa shape index (κ2) is 10.0. The normalized spacial score (nSPS) is 20.4. The SMILES string of the molecule is CON=CCOC(c1ncccc1C(F)(F)F)C1(C(=NOC)C(=O)O)C=CC=CC1. The molecule has 1 aliphatic carbocycles.